The van der Waals surface area contributed by atoms with Crippen LogP contribution < -0.4 is 0 Å². The first kappa shape index (κ1) is 14.0. The lowest BCUT2D eigenvalue weighted by Crippen LogP contribution is -2.29. The van der Waals surface area contributed by atoms with E-state index in [0.29, 0.717) is 5.69 Å². The highest BCUT2D eigenvalue weighted by molar-refractivity contribution is 5.94. The lowest BCUT2D eigenvalue weighted by atomic mass is 10.3. The van der Waals surface area contributed by atoms with Crippen LogP contribution in [0, 0.1) is 5.82 Å². The van der Waals surface area contributed by atoms with Crippen molar-refractivity contribution in [1.29, 1.82) is 0 Å². The number of rotatable bonds is 4. The summed E-state index contributed by atoms with van der Waals surface area (Å²) in [7, 11) is 1.49. The Morgan fingerprint density at radius 3 is 2.65 bits per heavy atom. The second-order valence-corrected chi connectivity index (χ2v) is 4.23. The fraction of sp³-hybridized carbons (Fsp3) is 0.231. The number of benzene rings is 1. The molecule has 20 heavy (non-hydrogen) atoms. The molecular formula is C13H14FN3O3. The molecular weight excluding hydrogens is 265 g/mol. The fourth-order valence-corrected chi connectivity index (χ4v) is 1.68. The Labute approximate surface area is 114 Å². The molecule has 0 saturated carbocycles. The maximum Gasteiger partial charge on any atom is 0.278 e. The zero-order valence-electron chi connectivity index (χ0n) is 10.8. The first-order valence-electron chi connectivity index (χ1n) is 5.94. The minimum Gasteiger partial charge on any atom is -0.504 e. The molecule has 0 aliphatic rings. The number of hydrogen-bond donors (Lipinski definition) is 2. The van der Waals surface area contributed by atoms with E-state index in [4.69, 9.17) is 5.11 Å². The summed E-state index contributed by atoms with van der Waals surface area (Å²) in [4.78, 5) is 13.2. The van der Waals surface area contributed by atoms with Crippen molar-refractivity contribution in [2.45, 2.75) is 0 Å². The monoisotopic (exact) mass is 279 g/mol. The topological polar surface area (TPSA) is 78.6 Å². The highest BCUT2D eigenvalue weighted by Gasteiger charge is 2.20. The maximum atomic E-state index is 12.8. The molecule has 1 amide bonds. The van der Waals surface area contributed by atoms with Crippen LogP contribution in [0.4, 0.5) is 4.39 Å². The van der Waals surface area contributed by atoms with Gasteiger partial charge in [0.15, 0.2) is 11.4 Å². The molecule has 0 aliphatic carbocycles. The van der Waals surface area contributed by atoms with Crippen molar-refractivity contribution in [3.63, 3.8) is 0 Å². The van der Waals surface area contributed by atoms with E-state index in [1.807, 2.05) is 0 Å². The molecule has 7 heteroatoms. The van der Waals surface area contributed by atoms with E-state index < -0.39 is 5.91 Å². The van der Waals surface area contributed by atoms with Crippen molar-refractivity contribution >= 4 is 5.91 Å². The SMILES string of the molecule is CN(CCO)C(=O)c1nn(-c2ccc(F)cc2)cc1O. The number of aliphatic hydroxyl groups is 1. The van der Waals surface area contributed by atoms with E-state index in [0.717, 1.165) is 0 Å². The van der Waals surface area contributed by atoms with Gasteiger partial charge in [-0.1, -0.05) is 0 Å². The zero-order valence-corrected chi connectivity index (χ0v) is 10.8. The van der Waals surface area contributed by atoms with E-state index in [2.05, 4.69) is 5.10 Å². The molecule has 106 valence electrons. The first-order valence-corrected chi connectivity index (χ1v) is 5.94. The predicted octanol–water partition coefficient (Wildman–Crippen LogP) is 0.781. The second-order valence-electron chi connectivity index (χ2n) is 4.23. The summed E-state index contributed by atoms with van der Waals surface area (Å²) in [6.07, 6.45) is 1.27. The van der Waals surface area contributed by atoms with Crippen LogP contribution in [0.5, 0.6) is 5.75 Å². The number of aromatic nitrogens is 2. The molecule has 0 radical (unpaired) electrons. The van der Waals surface area contributed by atoms with Crippen LogP contribution in [-0.4, -0.2) is 51.0 Å². The summed E-state index contributed by atoms with van der Waals surface area (Å²) < 4.78 is 14.1. The molecule has 0 spiro atoms. The molecule has 2 N–H and O–H groups in total. The number of likely N-dealkylation sites (N-methyl/N-ethyl adjacent to an activating group) is 1. The van der Waals surface area contributed by atoms with Gasteiger partial charge < -0.3 is 15.1 Å². The van der Waals surface area contributed by atoms with Crippen molar-refractivity contribution in [2.24, 2.45) is 0 Å². The van der Waals surface area contributed by atoms with Crippen LogP contribution in [0.15, 0.2) is 30.5 Å². The van der Waals surface area contributed by atoms with Gasteiger partial charge in [-0.25, -0.2) is 9.07 Å². The number of halogens is 1. The summed E-state index contributed by atoms with van der Waals surface area (Å²) >= 11 is 0. The number of carbonyl (C=O) groups is 1. The molecule has 0 fully saturated rings. The van der Waals surface area contributed by atoms with Crippen LogP contribution in [0.1, 0.15) is 10.5 Å². The molecule has 1 aromatic carbocycles. The van der Waals surface area contributed by atoms with Gasteiger partial charge in [-0.3, -0.25) is 4.79 Å². The van der Waals surface area contributed by atoms with Crippen molar-refractivity contribution in [3.05, 3.63) is 42.0 Å². The van der Waals surface area contributed by atoms with E-state index in [1.165, 1.54) is 47.1 Å². The Morgan fingerprint density at radius 2 is 2.05 bits per heavy atom. The highest BCUT2D eigenvalue weighted by atomic mass is 19.1. The molecule has 2 aromatic rings. The normalized spacial score (nSPS) is 10.6. The number of carbonyl (C=O) groups excluding carboxylic acids is 1. The number of hydrogen-bond acceptors (Lipinski definition) is 4. The summed E-state index contributed by atoms with van der Waals surface area (Å²) in [5.41, 5.74) is 0.399. The molecule has 0 unspecified atom stereocenters. The second kappa shape index (κ2) is 5.70. The lowest BCUT2D eigenvalue weighted by Gasteiger charge is -2.13. The van der Waals surface area contributed by atoms with Crippen LogP contribution in [0.3, 0.4) is 0 Å². The fourth-order valence-electron chi connectivity index (χ4n) is 1.68. The van der Waals surface area contributed by atoms with Gasteiger partial charge in [0.2, 0.25) is 0 Å². The molecule has 0 bridgehead atoms. The molecule has 1 aromatic heterocycles. The first-order chi connectivity index (χ1) is 9.52. The number of aliphatic hydroxyl groups excluding tert-OH is 1. The lowest BCUT2D eigenvalue weighted by molar-refractivity contribution is 0.0758. The molecule has 6 nitrogen and oxygen atoms in total. The Kier molecular flexibility index (Phi) is 3.99. The maximum absolute atomic E-state index is 12.8. The Bertz CT molecular complexity index is 610. The van der Waals surface area contributed by atoms with Gasteiger partial charge in [-0.2, -0.15) is 5.10 Å². The standard InChI is InChI=1S/C13H14FN3O3/c1-16(6-7-18)13(20)12-11(19)8-17(15-12)10-4-2-9(14)3-5-10/h2-5,8,18-19H,6-7H2,1H3. The predicted molar refractivity (Wildman–Crippen MR) is 69.2 cm³/mol. The van der Waals surface area contributed by atoms with Gasteiger partial charge in [0.1, 0.15) is 5.82 Å². The number of aromatic hydroxyl groups is 1. The van der Waals surface area contributed by atoms with Crippen LogP contribution in [0.2, 0.25) is 0 Å². The van der Waals surface area contributed by atoms with E-state index in [1.54, 1.807) is 0 Å². The van der Waals surface area contributed by atoms with Crippen LogP contribution >= 0.6 is 0 Å². The third-order valence-corrected chi connectivity index (χ3v) is 2.77. The van der Waals surface area contributed by atoms with E-state index in [9.17, 15) is 14.3 Å². The average molecular weight is 279 g/mol. The van der Waals surface area contributed by atoms with Crippen molar-refractivity contribution in [1.82, 2.24) is 14.7 Å². The largest absolute Gasteiger partial charge is 0.504 e. The minimum atomic E-state index is -0.502. The van der Waals surface area contributed by atoms with Gasteiger partial charge >= 0.3 is 0 Å². The summed E-state index contributed by atoms with van der Waals surface area (Å²) in [6.45, 7) is -0.0383. The minimum absolute atomic E-state index is 0.120. The third kappa shape index (κ3) is 2.77. The van der Waals surface area contributed by atoms with E-state index in [-0.39, 0.29) is 30.4 Å². The van der Waals surface area contributed by atoms with Gasteiger partial charge in [-0.15, -0.1) is 0 Å². The van der Waals surface area contributed by atoms with Crippen LogP contribution in [0.25, 0.3) is 5.69 Å². The molecule has 2 rings (SSSR count). The molecule has 1 heterocycles. The van der Waals surface area contributed by atoms with Crippen molar-refractivity contribution in [2.75, 3.05) is 20.2 Å². The third-order valence-electron chi connectivity index (χ3n) is 2.77. The van der Waals surface area contributed by atoms with E-state index >= 15 is 0 Å². The number of nitrogens with zero attached hydrogens (tertiary/aromatic N) is 3. The molecule has 0 aliphatic heterocycles. The van der Waals surface area contributed by atoms with Gasteiger partial charge in [0.05, 0.1) is 18.5 Å². The quantitative estimate of drug-likeness (QED) is 0.867. The van der Waals surface area contributed by atoms with Crippen molar-refractivity contribution in [3.8, 4) is 11.4 Å². The summed E-state index contributed by atoms with van der Waals surface area (Å²) in [5, 5.41) is 22.5. The Morgan fingerprint density at radius 1 is 1.40 bits per heavy atom. The van der Waals surface area contributed by atoms with Crippen LogP contribution in [-0.2, 0) is 0 Å². The zero-order chi connectivity index (χ0) is 14.7. The highest BCUT2D eigenvalue weighted by Crippen LogP contribution is 2.19. The van der Waals surface area contributed by atoms with Crippen molar-refractivity contribution < 1.29 is 19.4 Å². The van der Waals surface area contributed by atoms with Gasteiger partial charge in [0.25, 0.3) is 5.91 Å². The smallest absolute Gasteiger partial charge is 0.278 e. The summed E-state index contributed by atoms with van der Waals surface area (Å²) in [6, 6.07) is 5.47. The van der Waals surface area contributed by atoms with Gasteiger partial charge in [0, 0.05) is 13.6 Å². The van der Waals surface area contributed by atoms with Gasteiger partial charge in [-0.05, 0) is 24.3 Å². The Balaban J connectivity index is 2.30. The average Bonchev–Trinajstić information content (AvgIpc) is 2.81. The molecule has 0 atom stereocenters. The molecule has 0 saturated heterocycles. The number of amides is 1. The summed E-state index contributed by atoms with van der Waals surface area (Å²) in [5.74, 6) is -1.16. The Hall–Kier alpha value is -2.41.